The third kappa shape index (κ3) is 15.0. The zero-order valence-corrected chi connectivity index (χ0v) is 23.2. The number of hydrogen-bond acceptors (Lipinski definition) is 10. The van der Waals surface area contributed by atoms with E-state index in [1.165, 1.54) is 6.29 Å². The fourth-order valence-corrected chi connectivity index (χ4v) is 3.98. The average Bonchev–Trinajstić information content (AvgIpc) is 3.49. The first kappa shape index (κ1) is 35.9. The second-order valence-corrected chi connectivity index (χ2v) is 9.65. The minimum atomic E-state index is -1.41. The normalized spacial score (nSPS) is 16.3. The maximum absolute atomic E-state index is 12.8. The second kappa shape index (κ2) is 19.9. The van der Waals surface area contributed by atoms with Gasteiger partial charge in [-0.25, -0.2) is 0 Å². The number of nitrogens with one attached hydrogen (secondary N) is 6. The van der Waals surface area contributed by atoms with E-state index in [4.69, 9.17) is 15.9 Å². The second-order valence-electron chi connectivity index (χ2n) is 9.65. The Hall–Kier alpha value is -4.12. The zero-order valence-electron chi connectivity index (χ0n) is 23.2. The molecule has 1 rings (SSSR count). The van der Waals surface area contributed by atoms with Crippen molar-refractivity contribution in [2.24, 2.45) is 5.73 Å². The number of carboxylic acid groups (broad SMARTS) is 2. The number of rotatable bonds is 21. The van der Waals surface area contributed by atoms with Gasteiger partial charge in [0.25, 0.3) is 0 Å². The van der Waals surface area contributed by atoms with Gasteiger partial charge in [-0.1, -0.05) is 0 Å². The van der Waals surface area contributed by atoms with E-state index in [1.54, 1.807) is 0 Å². The minimum absolute atomic E-state index is 0.193. The number of nitrogens with two attached hydrogens (primary N) is 1. The third-order valence-electron chi connectivity index (χ3n) is 6.23. The van der Waals surface area contributed by atoms with Crippen LogP contribution in [0.25, 0.3) is 0 Å². The molecule has 0 bridgehead atoms. The molecule has 17 nitrogen and oxygen atoms in total. The largest absolute Gasteiger partial charge is 0.481 e. The van der Waals surface area contributed by atoms with Gasteiger partial charge in [-0.3, -0.25) is 38.4 Å². The summed E-state index contributed by atoms with van der Waals surface area (Å²) in [5, 5.41) is 32.6. The van der Waals surface area contributed by atoms with Crippen LogP contribution in [0.15, 0.2) is 0 Å². The van der Waals surface area contributed by atoms with Gasteiger partial charge in [-0.15, -0.1) is 0 Å². The number of carboxylic acids is 2. The number of aliphatic carboxylic acids is 2. The van der Waals surface area contributed by atoms with E-state index >= 15 is 0 Å². The molecule has 1 fully saturated rings. The Labute approximate surface area is 242 Å². The summed E-state index contributed by atoms with van der Waals surface area (Å²) in [5.41, 5.74) is 5.50. The first-order valence-corrected chi connectivity index (χ1v) is 13.7. The molecule has 1 heterocycles. The molecule has 0 spiro atoms. The smallest absolute Gasteiger partial charge is 0.303 e. The van der Waals surface area contributed by atoms with Crippen LogP contribution in [0.2, 0.25) is 0 Å². The third-order valence-corrected chi connectivity index (χ3v) is 6.23. The predicted molar refractivity (Wildman–Crippen MR) is 145 cm³/mol. The van der Waals surface area contributed by atoms with Crippen LogP contribution in [0.1, 0.15) is 57.8 Å². The number of amides is 5. The van der Waals surface area contributed by atoms with Crippen molar-refractivity contribution in [3.05, 3.63) is 0 Å². The van der Waals surface area contributed by atoms with Crippen molar-refractivity contribution in [1.29, 1.82) is 0 Å². The van der Waals surface area contributed by atoms with E-state index in [0.717, 1.165) is 6.42 Å². The minimum Gasteiger partial charge on any atom is -0.481 e. The molecule has 42 heavy (non-hydrogen) atoms. The van der Waals surface area contributed by atoms with E-state index in [1.807, 2.05) is 0 Å². The van der Waals surface area contributed by atoms with Gasteiger partial charge in [-0.2, -0.15) is 0 Å². The molecule has 235 valence electrons. The summed E-state index contributed by atoms with van der Waals surface area (Å²) in [7, 11) is 0. The summed E-state index contributed by atoms with van der Waals surface area (Å²) in [6.45, 7) is 0.0698. The van der Waals surface area contributed by atoms with Gasteiger partial charge in [0.15, 0.2) is 0 Å². The lowest BCUT2D eigenvalue weighted by Gasteiger charge is -2.21. The SMILES string of the molecule is NCCCC[C@H](NC(=O)CNC(=O)[C@@H]1CCCN1)C(=O)NCC(=O)N[C@@H](CCC(=O)O)C(=O)N[C@H]([C]=O)CCC(=O)O. The molecule has 0 aromatic rings. The Balaban J connectivity index is 2.71. The van der Waals surface area contributed by atoms with Crippen LogP contribution < -0.4 is 37.6 Å². The highest BCUT2D eigenvalue weighted by Gasteiger charge is 2.27. The highest BCUT2D eigenvalue weighted by atomic mass is 16.4. The molecule has 17 heteroatoms. The molecule has 4 atom stereocenters. The van der Waals surface area contributed by atoms with Gasteiger partial charge in [0.2, 0.25) is 35.8 Å². The van der Waals surface area contributed by atoms with Crippen LogP contribution in [0.3, 0.4) is 0 Å². The van der Waals surface area contributed by atoms with Crippen LogP contribution in [-0.4, -0.2) is 108 Å². The van der Waals surface area contributed by atoms with Gasteiger partial charge in [0, 0.05) is 12.8 Å². The van der Waals surface area contributed by atoms with E-state index in [9.17, 15) is 38.4 Å². The number of carbonyl (C=O) groups is 7. The van der Waals surface area contributed by atoms with E-state index in [-0.39, 0.29) is 37.8 Å². The van der Waals surface area contributed by atoms with Gasteiger partial charge in [0.05, 0.1) is 25.2 Å². The highest BCUT2D eigenvalue weighted by Crippen LogP contribution is 2.05. The first-order chi connectivity index (χ1) is 20.0. The van der Waals surface area contributed by atoms with Crippen molar-refractivity contribution in [2.45, 2.75) is 82.0 Å². The summed E-state index contributed by atoms with van der Waals surface area (Å²) in [6.07, 6.45) is 2.64. The summed E-state index contributed by atoms with van der Waals surface area (Å²) in [4.78, 5) is 95.3. The molecule has 0 saturated carbocycles. The summed E-state index contributed by atoms with van der Waals surface area (Å²) in [5.74, 6) is -5.93. The van der Waals surface area contributed by atoms with Crippen molar-refractivity contribution in [3.8, 4) is 0 Å². The summed E-state index contributed by atoms with van der Waals surface area (Å²) >= 11 is 0. The van der Waals surface area contributed by atoms with E-state index in [2.05, 4.69) is 31.9 Å². The van der Waals surface area contributed by atoms with Crippen LogP contribution in [0.5, 0.6) is 0 Å². The Morgan fingerprint density at radius 3 is 1.95 bits per heavy atom. The van der Waals surface area contributed by atoms with Crippen molar-refractivity contribution in [2.75, 3.05) is 26.2 Å². The first-order valence-electron chi connectivity index (χ1n) is 13.7. The number of unbranched alkanes of at least 4 members (excludes halogenated alkanes) is 1. The Morgan fingerprint density at radius 2 is 1.40 bits per heavy atom. The quantitative estimate of drug-likeness (QED) is 0.0580. The standard InChI is InChI=1S/C25H40N7O10/c26-10-2-1-4-17(31-19(34)12-28-23(40)16-5-3-11-27-16)24(41)29-13-20(35)32-18(7-9-22(38)39)25(42)30-15(14-33)6-8-21(36)37/h15-18,27H,1-13,26H2,(H,28,40)(H,29,41)(H,30,42)(H,31,34)(H,32,35)(H,36,37)(H,38,39)/t15-,16-,17-,18-/m0/s1. The molecule has 0 aromatic heterocycles. The molecule has 1 radical (unpaired) electrons. The lowest BCUT2D eigenvalue weighted by molar-refractivity contribution is -0.139. The zero-order chi connectivity index (χ0) is 31.5. The maximum Gasteiger partial charge on any atom is 0.303 e. The number of carbonyl (C=O) groups excluding carboxylic acids is 6. The van der Waals surface area contributed by atoms with Crippen molar-refractivity contribution < 1.29 is 48.6 Å². The monoisotopic (exact) mass is 598 g/mol. The fourth-order valence-electron chi connectivity index (χ4n) is 3.98. The molecule has 0 aliphatic carbocycles. The predicted octanol–water partition coefficient (Wildman–Crippen LogP) is -3.61. The Bertz CT molecular complexity index is 971. The van der Waals surface area contributed by atoms with Gasteiger partial charge in [-0.05, 0) is 58.0 Å². The summed E-state index contributed by atoms with van der Waals surface area (Å²) in [6, 6.07) is -4.14. The van der Waals surface area contributed by atoms with Crippen molar-refractivity contribution >= 4 is 47.8 Å². The Morgan fingerprint density at radius 1 is 0.810 bits per heavy atom. The molecule has 0 aromatic carbocycles. The van der Waals surface area contributed by atoms with Crippen molar-refractivity contribution in [3.63, 3.8) is 0 Å². The molecule has 1 aliphatic heterocycles. The molecule has 1 aliphatic rings. The lowest BCUT2D eigenvalue weighted by Crippen LogP contribution is -2.54. The van der Waals surface area contributed by atoms with Gasteiger partial charge >= 0.3 is 11.9 Å². The van der Waals surface area contributed by atoms with Crippen LogP contribution >= 0.6 is 0 Å². The Kier molecular flexibility index (Phi) is 17.0. The van der Waals surface area contributed by atoms with Crippen LogP contribution in [0.4, 0.5) is 0 Å². The number of hydrogen-bond donors (Lipinski definition) is 9. The summed E-state index contributed by atoms with van der Waals surface area (Å²) < 4.78 is 0. The molecular weight excluding hydrogens is 558 g/mol. The highest BCUT2D eigenvalue weighted by molar-refractivity contribution is 5.94. The molecular formula is C25H40N7O10. The maximum atomic E-state index is 12.8. The molecule has 5 amide bonds. The van der Waals surface area contributed by atoms with Gasteiger partial charge in [0.1, 0.15) is 12.1 Å². The van der Waals surface area contributed by atoms with Crippen LogP contribution in [-0.2, 0) is 38.4 Å². The molecule has 0 unspecified atom stereocenters. The van der Waals surface area contributed by atoms with Crippen molar-refractivity contribution in [1.82, 2.24) is 31.9 Å². The fraction of sp³-hybridized carbons (Fsp3) is 0.680. The van der Waals surface area contributed by atoms with Crippen LogP contribution in [0, 0.1) is 0 Å². The topological polar surface area (TPSA) is 275 Å². The molecule has 10 N–H and O–H groups in total. The molecule has 1 saturated heterocycles. The van der Waals surface area contributed by atoms with E-state index < -0.39 is 73.1 Å². The van der Waals surface area contributed by atoms with Gasteiger partial charge < -0.3 is 47.8 Å². The lowest BCUT2D eigenvalue weighted by atomic mass is 10.1. The average molecular weight is 599 g/mol. The van der Waals surface area contributed by atoms with E-state index in [0.29, 0.717) is 32.4 Å².